The summed E-state index contributed by atoms with van der Waals surface area (Å²) in [5.41, 5.74) is -0.783. The van der Waals surface area contributed by atoms with Crippen LogP contribution in [-0.4, -0.2) is 11.9 Å². The molecule has 0 heterocycles. The quantitative estimate of drug-likeness (QED) is 0.870. The highest BCUT2D eigenvalue weighted by molar-refractivity contribution is 5.94. The normalized spacial score (nSPS) is 13.2. The number of nitrogens with one attached hydrogen (secondary N) is 1. The second-order valence-electron chi connectivity index (χ2n) is 3.86. The zero-order valence-corrected chi connectivity index (χ0v) is 9.64. The molecule has 0 aliphatic rings. The van der Waals surface area contributed by atoms with Crippen molar-refractivity contribution in [3.05, 3.63) is 35.4 Å². The molecule has 0 radical (unpaired) electrons. The summed E-state index contributed by atoms with van der Waals surface area (Å²) in [6.45, 7) is 3.68. The number of hydrogen-bond donors (Lipinski definition) is 1. The van der Waals surface area contributed by atoms with Gasteiger partial charge in [0.05, 0.1) is 5.56 Å². The number of hydrogen-bond acceptors (Lipinski definition) is 1. The van der Waals surface area contributed by atoms with Crippen molar-refractivity contribution in [1.82, 2.24) is 5.32 Å². The minimum Gasteiger partial charge on any atom is -0.350 e. The molecule has 1 unspecified atom stereocenters. The van der Waals surface area contributed by atoms with Crippen molar-refractivity contribution < 1.29 is 18.0 Å². The van der Waals surface area contributed by atoms with Crippen molar-refractivity contribution >= 4 is 5.91 Å². The minimum atomic E-state index is -4.42. The number of carbonyl (C=O) groups is 1. The summed E-state index contributed by atoms with van der Waals surface area (Å²) in [6, 6.07) is 4.34. The van der Waals surface area contributed by atoms with Gasteiger partial charge in [-0.15, -0.1) is 0 Å². The predicted molar refractivity (Wildman–Crippen MR) is 58.7 cm³/mol. The maximum Gasteiger partial charge on any atom is 0.416 e. The molecular formula is C12H14F3NO. The fraction of sp³-hybridized carbons (Fsp3) is 0.417. The molecule has 0 aromatic heterocycles. The van der Waals surface area contributed by atoms with Crippen LogP contribution in [0, 0.1) is 0 Å². The summed E-state index contributed by atoms with van der Waals surface area (Å²) < 4.78 is 37.3. The molecule has 0 saturated carbocycles. The van der Waals surface area contributed by atoms with Crippen molar-refractivity contribution in [2.45, 2.75) is 32.5 Å². The first-order valence-electron chi connectivity index (χ1n) is 5.32. The second-order valence-corrected chi connectivity index (χ2v) is 3.86. The van der Waals surface area contributed by atoms with Crippen LogP contribution in [0.15, 0.2) is 24.3 Å². The van der Waals surface area contributed by atoms with Gasteiger partial charge in [0.2, 0.25) is 0 Å². The van der Waals surface area contributed by atoms with Gasteiger partial charge >= 0.3 is 6.18 Å². The molecule has 0 fully saturated rings. The Morgan fingerprint density at radius 1 is 1.41 bits per heavy atom. The third-order valence-electron chi connectivity index (χ3n) is 2.44. The summed E-state index contributed by atoms with van der Waals surface area (Å²) in [5.74, 6) is -0.481. The van der Waals surface area contributed by atoms with Crippen LogP contribution in [0.4, 0.5) is 13.2 Å². The van der Waals surface area contributed by atoms with Crippen molar-refractivity contribution in [2.24, 2.45) is 0 Å². The maximum absolute atomic E-state index is 12.4. The van der Waals surface area contributed by atoms with Crippen LogP contribution in [0.5, 0.6) is 0 Å². The Bertz CT molecular complexity index is 401. The van der Waals surface area contributed by atoms with Crippen LogP contribution in [0.25, 0.3) is 0 Å². The molecule has 17 heavy (non-hydrogen) atoms. The molecule has 94 valence electrons. The van der Waals surface area contributed by atoms with Crippen LogP contribution in [0.3, 0.4) is 0 Å². The average molecular weight is 245 g/mol. The molecule has 0 aliphatic heterocycles. The van der Waals surface area contributed by atoms with E-state index in [1.165, 1.54) is 12.1 Å². The van der Waals surface area contributed by atoms with Crippen molar-refractivity contribution in [1.29, 1.82) is 0 Å². The second kappa shape index (κ2) is 5.21. The van der Waals surface area contributed by atoms with E-state index in [4.69, 9.17) is 0 Å². The molecule has 0 saturated heterocycles. The lowest BCUT2D eigenvalue weighted by Gasteiger charge is -2.12. The van der Waals surface area contributed by atoms with Gasteiger partial charge in [-0.05, 0) is 31.5 Å². The van der Waals surface area contributed by atoms with Gasteiger partial charge in [0.25, 0.3) is 5.91 Å². The van der Waals surface area contributed by atoms with Crippen LogP contribution in [0.1, 0.15) is 36.2 Å². The van der Waals surface area contributed by atoms with Crippen molar-refractivity contribution in [3.8, 4) is 0 Å². The van der Waals surface area contributed by atoms with Gasteiger partial charge in [0, 0.05) is 11.6 Å². The van der Waals surface area contributed by atoms with E-state index >= 15 is 0 Å². The Hall–Kier alpha value is -1.52. The number of alkyl halides is 3. The van der Waals surface area contributed by atoms with Crippen LogP contribution < -0.4 is 5.32 Å². The van der Waals surface area contributed by atoms with E-state index < -0.39 is 17.6 Å². The first kappa shape index (κ1) is 13.5. The molecule has 0 aliphatic carbocycles. The topological polar surface area (TPSA) is 29.1 Å². The van der Waals surface area contributed by atoms with Gasteiger partial charge in [0.1, 0.15) is 0 Å². The molecule has 1 amide bonds. The lowest BCUT2D eigenvalue weighted by molar-refractivity contribution is -0.137. The highest BCUT2D eigenvalue weighted by Crippen LogP contribution is 2.29. The number of halogens is 3. The molecule has 1 atom stereocenters. The fourth-order valence-electron chi connectivity index (χ4n) is 1.25. The van der Waals surface area contributed by atoms with Crippen LogP contribution in [0.2, 0.25) is 0 Å². The summed E-state index contributed by atoms with van der Waals surface area (Å²) in [4.78, 5) is 11.6. The Balaban J connectivity index is 2.89. The molecule has 1 aromatic rings. The highest BCUT2D eigenvalue weighted by atomic mass is 19.4. The third-order valence-corrected chi connectivity index (χ3v) is 2.44. The molecule has 0 bridgehead atoms. The van der Waals surface area contributed by atoms with E-state index in [1.807, 2.05) is 6.92 Å². The van der Waals surface area contributed by atoms with E-state index in [1.54, 1.807) is 6.92 Å². The van der Waals surface area contributed by atoms with Crippen molar-refractivity contribution in [2.75, 3.05) is 0 Å². The number of amides is 1. The van der Waals surface area contributed by atoms with Crippen molar-refractivity contribution in [3.63, 3.8) is 0 Å². The average Bonchev–Trinajstić information content (AvgIpc) is 2.28. The zero-order valence-electron chi connectivity index (χ0n) is 9.64. The maximum atomic E-state index is 12.4. The third kappa shape index (κ3) is 3.76. The molecule has 2 nitrogen and oxygen atoms in total. The Kier molecular flexibility index (Phi) is 4.15. The lowest BCUT2D eigenvalue weighted by atomic mass is 10.1. The van der Waals surface area contributed by atoms with Gasteiger partial charge in [0.15, 0.2) is 0 Å². The molecular weight excluding hydrogens is 231 g/mol. The number of benzene rings is 1. The van der Waals surface area contributed by atoms with Gasteiger partial charge in [-0.1, -0.05) is 13.0 Å². The highest BCUT2D eigenvalue weighted by Gasteiger charge is 2.30. The Morgan fingerprint density at radius 2 is 2.06 bits per heavy atom. The van der Waals surface area contributed by atoms with E-state index in [0.29, 0.717) is 0 Å². The van der Waals surface area contributed by atoms with Gasteiger partial charge in [-0.2, -0.15) is 13.2 Å². The van der Waals surface area contributed by atoms with Gasteiger partial charge < -0.3 is 5.32 Å². The lowest BCUT2D eigenvalue weighted by Crippen LogP contribution is -2.32. The zero-order chi connectivity index (χ0) is 13.1. The predicted octanol–water partition coefficient (Wildman–Crippen LogP) is 3.23. The van der Waals surface area contributed by atoms with E-state index in [-0.39, 0.29) is 11.6 Å². The Labute approximate surface area is 97.8 Å². The molecule has 1 rings (SSSR count). The SMILES string of the molecule is CCC(C)NC(=O)c1cccc(C(F)(F)F)c1. The van der Waals surface area contributed by atoms with E-state index in [9.17, 15) is 18.0 Å². The summed E-state index contributed by atoms with van der Waals surface area (Å²) in [5, 5.41) is 2.62. The number of rotatable bonds is 3. The molecule has 5 heteroatoms. The summed E-state index contributed by atoms with van der Waals surface area (Å²) in [6.07, 6.45) is -3.70. The van der Waals surface area contributed by atoms with Crippen LogP contribution in [-0.2, 0) is 6.18 Å². The first-order chi connectivity index (χ1) is 7.84. The minimum absolute atomic E-state index is 0.0279. The smallest absolute Gasteiger partial charge is 0.350 e. The van der Waals surface area contributed by atoms with Gasteiger partial charge in [-0.3, -0.25) is 4.79 Å². The van der Waals surface area contributed by atoms with E-state index in [0.717, 1.165) is 18.6 Å². The standard InChI is InChI=1S/C12H14F3NO/c1-3-8(2)16-11(17)9-5-4-6-10(7-9)12(13,14)15/h4-8H,3H2,1-2H3,(H,16,17). The molecule has 1 N–H and O–H groups in total. The Morgan fingerprint density at radius 3 is 2.59 bits per heavy atom. The first-order valence-corrected chi connectivity index (χ1v) is 5.32. The number of carbonyl (C=O) groups excluding carboxylic acids is 1. The molecule has 1 aromatic carbocycles. The molecule has 0 spiro atoms. The van der Waals surface area contributed by atoms with Gasteiger partial charge in [-0.25, -0.2) is 0 Å². The summed E-state index contributed by atoms with van der Waals surface area (Å²) >= 11 is 0. The van der Waals surface area contributed by atoms with Crippen LogP contribution >= 0.6 is 0 Å². The van der Waals surface area contributed by atoms with E-state index in [2.05, 4.69) is 5.32 Å². The fourth-order valence-corrected chi connectivity index (χ4v) is 1.25. The summed E-state index contributed by atoms with van der Waals surface area (Å²) in [7, 11) is 0. The largest absolute Gasteiger partial charge is 0.416 e. The monoisotopic (exact) mass is 245 g/mol.